The maximum atomic E-state index is 12.8. The third-order valence-electron chi connectivity index (χ3n) is 11.2. The number of aliphatic hydroxyl groups is 1. The molecule has 4 atom stereocenters. The topological polar surface area (TPSA) is 192 Å². The molecule has 67 heavy (non-hydrogen) atoms. The van der Waals surface area contributed by atoms with Crippen molar-refractivity contribution in [1.82, 2.24) is 35.6 Å². The van der Waals surface area contributed by atoms with E-state index in [0.717, 1.165) is 65.1 Å². The van der Waals surface area contributed by atoms with E-state index in [-0.39, 0.29) is 54.8 Å². The zero-order valence-electron chi connectivity index (χ0n) is 39.3. The summed E-state index contributed by atoms with van der Waals surface area (Å²) in [5.74, 6) is -0.416. The van der Waals surface area contributed by atoms with Crippen LogP contribution in [0.2, 0.25) is 5.02 Å². The molecular formula is C51H63ClN8O6S. The van der Waals surface area contributed by atoms with Crippen LogP contribution in [0.15, 0.2) is 84.5 Å². The van der Waals surface area contributed by atoms with Crippen LogP contribution in [0.5, 0.6) is 0 Å². The lowest BCUT2D eigenvalue weighted by Crippen LogP contribution is -2.43. The van der Waals surface area contributed by atoms with E-state index in [9.17, 15) is 24.3 Å². The number of β-amino-alcohol motifs (C(OH)–C–C–N with tert-alkyl or cyclic N) is 1. The molecule has 4 amide bonds. The highest BCUT2D eigenvalue weighted by Gasteiger charge is 2.35. The smallest absolute Gasteiger partial charge is 0.251 e. The summed E-state index contributed by atoms with van der Waals surface area (Å²) in [6.45, 7) is 14.2. The van der Waals surface area contributed by atoms with Gasteiger partial charge in [0.05, 0.1) is 51.1 Å². The molecule has 1 saturated heterocycles. The fourth-order valence-electron chi connectivity index (χ4n) is 7.41. The Bertz CT molecular complexity index is 2440. The molecule has 1 aliphatic heterocycles. The molecule has 0 bridgehead atoms. The molecule has 2 aromatic heterocycles. The molecule has 5 aromatic rings. The van der Waals surface area contributed by atoms with E-state index < -0.39 is 12.1 Å². The Morgan fingerprint density at radius 3 is 2.37 bits per heavy atom. The number of halogens is 1. The summed E-state index contributed by atoms with van der Waals surface area (Å²) >= 11 is 7.76. The molecule has 3 aromatic carbocycles. The van der Waals surface area contributed by atoms with Crippen LogP contribution in [-0.4, -0.2) is 93.4 Å². The summed E-state index contributed by atoms with van der Waals surface area (Å²) in [5.41, 5.74) is 8.84. The number of unbranched alkanes of at least 4 members (excludes halogenated alkanes) is 3. The van der Waals surface area contributed by atoms with Crippen molar-refractivity contribution >= 4 is 47.1 Å². The number of nitrogens with one attached hydrogen (secondary N) is 3. The molecular weight excluding hydrogens is 888 g/mol. The molecule has 1 fully saturated rings. The lowest BCUT2D eigenvalue weighted by atomic mass is 9.97. The van der Waals surface area contributed by atoms with Gasteiger partial charge in [0.25, 0.3) is 5.91 Å². The minimum Gasteiger partial charge on any atom is -0.391 e. The monoisotopic (exact) mass is 950 g/mol. The van der Waals surface area contributed by atoms with Crippen molar-refractivity contribution < 1.29 is 29.0 Å². The highest BCUT2D eigenvalue weighted by atomic mass is 35.5. The van der Waals surface area contributed by atoms with Crippen LogP contribution >= 0.6 is 22.9 Å². The zero-order valence-corrected chi connectivity index (χ0v) is 40.8. The fourth-order valence-corrected chi connectivity index (χ4v) is 8.45. The average molecular weight is 952 g/mol. The molecule has 0 radical (unpaired) electrons. The summed E-state index contributed by atoms with van der Waals surface area (Å²) in [6.07, 6.45) is 7.23. The summed E-state index contributed by atoms with van der Waals surface area (Å²) < 4.78 is 7.27. The number of carbonyl (C=O) groups is 4. The SMILES string of the molecule is C[C@@H](Cn1ccc(-c2ccc(C#N)c(Cl)c2)n1)NC(=O)c1ccc(CCCCCCOCC(=O)NCC(C)(C)C)cc1.Cc1ncsc1-c1ccc([C@H](C)NC(=O)C2C[C@@H](O)CN2C=O)cc1. The number of thiazole rings is 1. The van der Waals surface area contributed by atoms with Gasteiger partial charge in [-0.05, 0) is 92.5 Å². The van der Waals surface area contributed by atoms with Gasteiger partial charge < -0.3 is 30.7 Å². The van der Waals surface area contributed by atoms with Crippen LogP contribution < -0.4 is 16.0 Å². The van der Waals surface area contributed by atoms with E-state index >= 15 is 0 Å². The Kier molecular flexibility index (Phi) is 19.6. The number of likely N-dealkylation sites (tertiary alicyclic amines) is 1. The van der Waals surface area contributed by atoms with Gasteiger partial charge in [-0.2, -0.15) is 10.4 Å². The van der Waals surface area contributed by atoms with Gasteiger partial charge in [0.2, 0.25) is 18.2 Å². The summed E-state index contributed by atoms with van der Waals surface area (Å²) in [5, 5.41) is 32.6. The van der Waals surface area contributed by atoms with Gasteiger partial charge >= 0.3 is 0 Å². The first-order valence-corrected chi connectivity index (χ1v) is 24.0. The Morgan fingerprint density at radius 1 is 1.00 bits per heavy atom. The molecule has 14 nitrogen and oxygen atoms in total. The third kappa shape index (κ3) is 16.4. The van der Waals surface area contributed by atoms with Gasteiger partial charge in [-0.25, -0.2) is 4.98 Å². The number of hydrogen-bond acceptors (Lipinski definition) is 10. The molecule has 0 saturated carbocycles. The predicted octanol–water partition coefficient (Wildman–Crippen LogP) is 8.06. The summed E-state index contributed by atoms with van der Waals surface area (Å²) in [6, 6.07) is 24.1. The Hall–Kier alpha value is -5.92. The molecule has 3 heterocycles. The summed E-state index contributed by atoms with van der Waals surface area (Å²) in [4.78, 5) is 54.7. The number of nitriles is 1. The number of amides is 4. The van der Waals surface area contributed by atoms with Crippen molar-refractivity contribution in [2.75, 3.05) is 26.3 Å². The first-order chi connectivity index (χ1) is 32.0. The van der Waals surface area contributed by atoms with E-state index in [2.05, 4.69) is 52.9 Å². The second-order valence-corrected chi connectivity index (χ2v) is 19.4. The van der Waals surface area contributed by atoms with Crippen molar-refractivity contribution in [3.63, 3.8) is 0 Å². The van der Waals surface area contributed by atoms with Gasteiger partial charge in [-0.1, -0.05) is 87.7 Å². The predicted molar refractivity (Wildman–Crippen MR) is 262 cm³/mol. The Morgan fingerprint density at radius 2 is 1.72 bits per heavy atom. The number of carbonyl (C=O) groups excluding carboxylic acids is 4. The molecule has 4 N–H and O–H groups in total. The average Bonchev–Trinajstić information content (AvgIpc) is 4.06. The van der Waals surface area contributed by atoms with Crippen LogP contribution in [0.25, 0.3) is 21.7 Å². The minimum absolute atomic E-state index is 0.0600. The largest absolute Gasteiger partial charge is 0.391 e. The van der Waals surface area contributed by atoms with E-state index in [1.165, 1.54) is 10.5 Å². The van der Waals surface area contributed by atoms with E-state index in [4.69, 9.17) is 21.6 Å². The van der Waals surface area contributed by atoms with Gasteiger partial charge in [0, 0.05) is 49.5 Å². The van der Waals surface area contributed by atoms with Crippen LogP contribution in [0.1, 0.15) is 106 Å². The normalized spacial score (nSPS) is 15.4. The van der Waals surface area contributed by atoms with Crippen molar-refractivity contribution in [3.05, 3.63) is 117 Å². The van der Waals surface area contributed by atoms with Crippen molar-refractivity contribution in [3.8, 4) is 27.8 Å². The second-order valence-electron chi connectivity index (χ2n) is 18.2. The maximum absolute atomic E-state index is 12.8. The Labute approximate surface area is 403 Å². The lowest BCUT2D eigenvalue weighted by molar-refractivity contribution is -0.131. The second kappa shape index (κ2) is 25.3. The Balaban J connectivity index is 0.000000284. The molecule has 16 heteroatoms. The zero-order chi connectivity index (χ0) is 48.5. The number of aryl methyl sites for hydroxylation is 2. The quantitative estimate of drug-likeness (QED) is 0.0442. The lowest BCUT2D eigenvalue weighted by Gasteiger charge is -2.22. The minimum atomic E-state index is -0.641. The van der Waals surface area contributed by atoms with Crippen molar-refractivity contribution in [1.29, 1.82) is 5.26 Å². The standard InChI is InChI=1S/C33H42ClN5O3.C18H21N3O3S/c1-24(21-39-17-16-30(38-39)27-14-15-28(20-35)29(34)19-27)37-32(41)26-12-10-25(11-13-26)9-7-5-6-8-18-42-22-31(40)36-23-33(2,3)4;1-11(20-18(24)16-7-15(23)8-21(16)10-22)13-3-5-14(6-4-13)17-12(2)19-9-25-17/h10-17,19,24H,5-9,18,21-23H2,1-4H3,(H,36,40)(H,37,41);3-6,9-11,15-16,23H,7-8H2,1-2H3,(H,20,24)/t24-;11-,15+,16?/m00/s1. The molecule has 6 rings (SSSR count). The molecule has 356 valence electrons. The fraction of sp³-hybridized carbons (Fsp3) is 0.431. The number of ether oxygens (including phenoxy) is 1. The number of aliphatic hydroxyl groups excluding tert-OH is 1. The number of rotatable bonds is 20. The highest BCUT2D eigenvalue weighted by molar-refractivity contribution is 7.13. The maximum Gasteiger partial charge on any atom is 0.251 e. The van der Waals surface area contributed by atoms with E-state index in [1.807, 2.05) is 93.1 Å². The van der Waals surface area contributed by atoms with Crippen molar-refractivity contribution in [2.45, 2.75) is 111 Å². The molecule has 0 aliphatic carbocycles. The molecule has 1 unspecified atom stereocenters. The molecule has 1 aliphatic rings. The van der Waals surface area contributed by atoms with Gasteiger partial charge in [-0.3, -0.25) is 23.9 Å². The first kappa shape index (κ1) is 52.1. The summed E-state index contributed by atoms with van der Waals surface area (Å²) in [7, 11) is 0. The van der Waals surface area contributed by atoms with Gasteiger partial charge in [0.15, 0.2) is 0 Å². The number of nitrogens with zero attached hydrogens (tertiary/aromatic N) is 5. The van der Waals surface area contributed by atoms with Crippen LogP contribution in [0, 0.1) is 23.7 Å². The number of hydrogen-bond donors (Lipinski definition) is 4. The van der Waals surface area contributed by atoms with E-state index in [1.54, 1.807) is 28.2 Å². The van der Waals surface area contributed by atoms with E-state index in [0.29, 0.717) is 42.3 Å². The third-order valence-corrected chi connectivity index (χ3v) is 12.5. The van der Waals surface area contributed by atoms with Crippen LogP contribution in [0.3, 0.4) is 0 Å². The van der Waals surface area contributed by atoms with Crippen molar-refractivity contribution in [2.24, 2.45) is 5.41 Å². The van der Waals surface area contributed by atoms with Gasteiger partial charge in [0.1, 0.15) is 18.7 Å². The van der Waals surface area contributed by atoms with Gasteiger partial charge in [-0.15, -0.1) is 11.3 Å². The highest BCUT2D eigenvalue weighted by Crippen LogP contribution is 2.29. The van der Waals surface area contributed by atoms with Crippen LogP contribution in [0.4, 0.5) is 0 Å². The van der Waals surface area contributed by atoms with Crippen LogP contribution in [-0.2, 0) is 32.1 Å². The number of aromatic nitrogens is 3. The number of benzene rings is 3. The molecule has 0 spiro atoms. The first-order valence-electron chi connectivity index (χ1n) is 22.7.